The summed E-state index contributed by atoms with van der Waals surface area (Å²) in [5.74, 6) is 0.524. The summed E-state index contributed by atoms with van der Waals surface area (Å²) >= 11 is 0. The molecule has 1 rings (SSSR count). The summed E-state index contributed by atoms with van der Waals surface area (Å²) in [6.07, 6.45) is 0. The van der Waals surface area contributed by atoms with Gasteiger partial charge in [-0.15, -0.1) is 0 Å². The maximum absolute atomic E-state index is 5.77. The summed E-state index contributed by atoms with van der Waals surface area (Å²) in [6, 6.07) is 3.28. The van der Waals surface area contributed by atoms with Crippen molar-refractivity contribution >= 4 is 17.1 Å². The Bertz CT molecular complexity index is 358. The number of ether oxygens (including phenoxy) is 2. The number of benzene rings is 1. The quantitative estimate of drug-likeness (QED) is 0.396. The minimum absolute atomic E-state index is 0.427. The van der Waals surface area contributed by atoms with Gasteiger partial charge in [0.2, 0.25) is 0 Å². The van der Waals surface area contributed by atoms with Crippen molar-refractivity contribution in [1.82, 2.24) is 5.32 Å². The summed E-state index contributed by atoms with van der Waals surface area (Å²) in [5.41, 5.74) is 18.5. The zero-order chi connectivity index (χ0) is 12.7. The summed E-state index contributed by atoms with van der Waals surface area (Å²) < 4.78 is 10.4. The lowest BCUT2D eigenvalue weighted by Crippen LogP contribution is -2.24. The Morgan fingerprint density at radius 1 is 1.12 bits per heavy atom. The lowest BCUT2D eigenvalue weighted by Gasteiger charge is -2.12. The highest BCUT2D eigenvalue weighted by Gasteiger charge is 2.05. The highest BCUT2D eigenvalue weighted by Crippen LogP contribution is 2.30. The predicted octanol–water partition coefficient (Wildman–Crippen LogP) is 0.0480. The first kappa shape index (κ1) is 13.4. The topological polar surface area (TPSA) is 109 Å². The second-order valence-corrected chi connectivity index (χ2v) is 3.61. The van der Waals surface area contributed by atoms with E-state index >= 15 is 0 Å². The average molecular weight is 240 g/mol. The van der Waals surface area contributed by atoms with Gasteiger partial charge in [0, 0.05) is 32.0 Å². The van der Waals surface area contributed by atoms with Crippen LogP contribution in [0.15, 0.2) is 12.1 Å². The van der Waals surface area contributed by atoms with Crippen molar-refractivity contribution in [3.05, 3.63) is 12.1 Å². The maximum atomic E-state index is 5.77. The third-order valence-electron chi connectivity index (χ3n) is 2.22. The van der Waals surface area contributed by atoms with E-state index in [-0.39, 0.29) is 0 Å². The predicted molar refractivity (Wildman–Crippen MR) is 69.9 cm³/mol. The van der Waals surface area contributed by atoms with Crippen molar-refractivity contribution in [2.24, 2.45) is 0 Å². The normalized spacial score (nSPS) is 10.4. The molecule has 96 valence electrons. The number of nitrogens with two attached hydrogens (primary N) is 3. The Labute approximate surface area is 101 Å². The monoisotopic (exact) mass is 240 g/mol. The van der Waals surface area contributed by atoms with Gasteiger partial charge in [0.05, 0.1) is 18.0 Å². The lowest BCUT2D eigenvalue weighted by molar-refractivity contribution is 0.197. The molecule has 0 spiro atoms. The average Bonchev–Trinajstić information content (AvgIpc) is 2.29. The highest BCUT2D eigenvalue weighted by atomic mass is 16.5. The van der Waals surface area contributed by atoms with Gasteiger partial charge in [0.25, 0.3) is 0 Å². The molecule has 0 aliphatic rings. The van der Waals surface area contributed by atoms with E-state index in [2.05, 4.69) is 5.32 Å². The van der Waals surface area contributed by atoms with Crippen molar-refractivity contribution in [3.8, 4) is 5.75 Å². The summed E-state index contributed by atoms with van der Waals surface area (Å²) in [6.45, 7) is 2.66. The minimum atomic E-state index is 0.427. The number of methoxy groups -OCH3 is 1. The smallest absolute Gasteiger partial charge is 0.146 e. The molecule has 1 aromatic rings. The summed E-state index contributed by atoms with van der Waals surface area (Å²) in [7, 11) is 1.66. The molecule has 7 N–H and O–H groups in total. The Hall–Kier alpha value is -1.66. The van der Waals surface area contributed by atoms with Gasteiger partial charge in [-0.3, -0.25) is 0 Å². The molecule has 0 amide bonds. The Balaban J connectivity index is 2.36. The third kappa shape index (κ3) is 4.38. The standard InChI is InChI=1S/C11H20N4O2/c1-16-4-2-15-3-5-17-10-7-8(12)6-9(13)11(10)14/h6-7,15H,2-5,12-14H2,1H3. The van der Waals surface area contributed by atoms with Crippen molar-refractivity contribution < 1.29 is 9.47 Å². The van der Waals surface area contributed by atoms with Crippen LogP contribution in [-0.2, 0) is 4.74 Å². The molecular formula is C11H20N4O2. The molecule has 6 heteroatoms. The molecule has 0 aliphatic carbocycles. The lowest BCUT2D eigenvalue weighted by atomic mass is 10.2. The first-order chi connectivity index (χ1) is 8.15. The number of nitrogens with one attached hydrogen (secondary N) is 1. The van der Waals surface area contributed by atoms with Crippen LogP contribution in [0.2, 0.25) is 0 Å². The van der Waals surface area contributed by atoms with Gasteiger partial charge in [-0.1, -0.05) is 0 Å². The Morgan fingerprint density at radius 3 is 2.53 bits per heavy atom. The van der Waals surface area contributed by atoms with Crippen molar-refractivity contribution in [2.45, 2.75) is 0 Å². The summed E-state index contributed by atoms with van der Waals surface area (Å²) in [4.78, 5) is 0. The van der Waals surface area contributed by atoms with E-state index in [1.54, 1.807) is 19.2 Å². The number of rotatable bonds is 7. The van der Waals surface area contributed by atoms with E-state index in [0.29, 0.717) is 42.6 Å². The molecular weight excluding hydrogens is 220 g/mol. The van der Waals surface area contributed by atoms with Crippen LogP contribution in [0.4, 0.5) is 17.1 Å². The van der Waals surface area contributed by atoms with Gasteiger partial charge >= 0.3 is 0 Å². The molecule has 0 saturated heterocycles. The fraction of sp³-hybridized carbons (Fsp3) is 0.455. The molecule has 17 heavy (non-hydrogen) atoms. The number of nitrogen functional groups attached to an aromatic ring is 3. The van der Waals surface area contributed by atoms with Crippen LogP contribution in [0.3, 0.4) is 0 Å². The molecule has 0 radical (unpaired) electrons. The third-order valence-corrected chi connectivity index (χ3v) is 2.22. The maximum Gasteiger partial charge on any atom is 0.146 e. The fourth-order valence-corrected chi connectivity index (χ4v) is 1.32. The van der Waals surface area contributed by atoms with E-state index in [4.69, 9.17) is 26.7 Å². The van der Waals surface area contributed by atoms with Gasteiger partial charge in [-0.25, -0.2) is 0 Å². The van der Waals surface area contributed by atoms with E-state index in [1.807, 2.05) is 0 Å². The van der Waals surface area contributed by atoms with Gasteiger partial charge in [0.15, 0.2) is 0 Å². The minimum Gasteiger partial charge on any atom is -0.490 e. The fourth-order valence-electron chi connectivity index (χ4n) is 1.32. The van der Waals surface area contributed by atoms with Crippen LogP contribution in [0.25, 0.3) is 0 Å². The van der Waals surface area contributed by atoms with Crippen LogP contribution < -0.4 is 27.3 Å². The molecule has 0 bridgehead atoms. The van der Waals surface area contributed by atoms with Crippen molar-refractivity contribution in [1.29, 1.82) is 0 Å². The van der Waals surface area contributed by atoms with Gasteiger partial charge in [-0.2, -0.15) is 0 Å². The van der Waals surface area contributed by atoms with Crippen molar-refractivity contribution in [2.75, 3.05) is 50.6 Å². The van der Waals surface area contributed by atoms with E-state index in [0.717, 1.165) is 6.54 Å². The second kappa shape index (κ2) is 6.82. The zero-order valence-electron chi connectivity index (χ0n) is 10.0. The van der Waals surface area contributed by atoms with Crippen molar-refractivity contribution in [3.63, 3.8) is 0 Å². The van der Waals surface area contributed by atoms with Crippen LogP contribution in [-0.4, -0.2) is 33.4 Å². The van der Waals surface area contributed by atoms with Crippen LogP contribution in [0.1, 0.15) is 0 Å². The Morgan fingerprint density at radius 2 is 1.82 bits per heavy atom. The molecule has 0 fully saturated rings. The van der Waals surface area contributed by atoms with Gasteiger partial charge in [-0.05, 0) is 6.07 Å². The second-order valence-electron chi connectivity index (χ2n) is 3.61. The van der Waals surface area contributed by atoms with Gasteiger partial charge in [0.1, 0.15) is 12.4 Å². The van der Waals surface area contributed by atoms with E-state index < -0.39 is 0 Å². The molecule has 0 aromatic heterocycles. The molecule has 0 saturated carbocycles. The zero-order valence-corrected chi connectivity index (χ0v) is 10.0. The van der Waals surface area contributed by atoms with Crippen LogP contribution >= 0.6 is 0 Å². The van der Waals surface area contributed by atoms with E-state index in [1.165, 1.54) is 0 Å². The Kier molecular flexibility index (Phi) is 5.38. The highest BCUT2D eigenvalue weighted by molar-refractivity contribution is 5.75. The molecule has 0 atom stereocenters. The first-order valence-electron chi connectivity index (χ1n) is 5.42. The number of anilines is 3. The largest absolute Gasteiger partial charge is 0.490 e. The number of hydrogen-bond donors (Lipinski definition) is 4. The molecule has 6 nitrogen and oxygen atoms in total. The molecule has 0 unspecified atom stereocenters. The van der Waals surface area contributed by atoms with Crippen LogP contribution in [0, 0.1) is 0 Å². The van der Waals surface area contributed by atoms with Crippen LogP contribution in [0.5, 0.6) is 5.75 Å². The van der Waals surface area contributed by atoms with Gasteiger partial charge < -0.3 is 32.0 Å². The molecule has 0 aliphatic heterocycles. The molecule has 0 heterocycles. The number of hydrogen-bond acceptors (Lipinski definition) is 6. The SMILES string of the molecule is COCCNCCOc1cc(N)cc(N)c1N. The molecule has 1 aromatic carbocycles. The first-order valence-corrected chi connectivity index (χ1v) is 5.42. The van der Waals surface area contributed by atoms with E-state index in [9.17, 15) is 0 Å². The summed E-state index contributed by atoms with van der Waals surface area (Å²) in [5, 5.41) is 3.15.